The van der Waals surface area contributed by atoms with E-state index in [2.05, 4.69) is 4.74 Å². The minimum absolute atomic E-state index is 0.221. The molecule has 1 aromatic rings. The third-order valence-corrected chi connectivity index (χ3v) is 2.37. The van der Waals surface area contributed by atoms with Crippen LogP contribution in [-0.2, 0) is 20.5 Å². The van der Waals surface area contributed by atoms with Crippen molar-refractivity contribution >= 4 is 11.8 Å². The average molecular weight is 304 g/mol. The molecule has 0 atom stereocenters. The number of ketones is 1. The van der Waals surface area contributed by atoms with Crippen molar-refractivity contribution in [1.29, 1.82) is 0 Å². The molecule has 0 spiro atoms. The van der Waals surface area contributed by atoms with Crippen molar-refractivity contribution < 1.29 is 27.5 Å². The van der Waals surface area contributed by atoms with Gasteiger partial charge in [0.05, 0.1) is 12.2 Å². The molecule has 0 heterocycles. The number of aryl methyl sites for hydroxylation is 2. The monoisotopic (exact) mass is 304 g/mol. The molecule has 0 saturated heterocycles. The topological polar surface area (TPSA) is 43.4 Å². The molecule has 0 fully saturated rings. The minimum atomic E-state index is -4.23. The van der Waals surface area contributed by atoms with E-state index in [0.29, 0.717) is 11.1 Å². The van der Waals surface area contributed by atoms with Gasteiger partial charge in [-0.1, -0.05) is 24.1 Å². The summed E-state index contributed by atoms with van der Waals surface area (Å²) in [5.41, 5.74) is 0.713. The molecule has 0 radical (unpaired) electrons. The van der Waals surface area contributed by atoms with E-state index in [1.54, 1.807) is 33.8 Å². The van der Waals surface area contributed by atoms with Gasteiger partial charge in [0.15, 0.2) is 0 Å². The molecular weight excluding hydrogens is 285 g/mol. The first kappa shape index (κ1) is 19.1. The Morgan fingerprint density at radius 1 is 1.05 bits per heavy atom. The molecule has 21 heavy (non-hydrogen) atoms. The van der Waals surface area contributed by atoms with Crippen LogP contribution in [0.4, 0.5) is 13.2 Å². The maximum Gasteiger partial charge on any atom is 0.416 e. The number of esters is 1. The fourth-order valence-corrected chi connectivity index (χ4v) is 1.49. The quantitative estimate of drug-likeness (QED) is 0.629. The number of Topliss-reactive ketones (excluding diaryl/α,β-unsaturated/α-hetero) is 1. The SMILES string of the molecule is CCOC(=O)C(=O)CC.Cc1cc(C)cc(C(F)(F)F)c1. The first-order valence-electron chi connectivity index (χ1n) is 6.47. The summed E-state index contributed by atoms with van der Waals surface area (Å²) in [6.07, 6.45) is -4.00. The third-order valence-electron chi connectivity index (χ3n) is 2.37. The van der Waals surface area contributed by atoms with Gasteiger partial charge in [-0.3, -0.25) is 4.79 Å². The lowest BCUT2D eigenvalue weighted by Gasteiger charge is -2.08. The van der Waals surface area contributed by atoms with Gasteiger partial charge in [-0.05, 0) is 32.9 Å². The van der Waals surface area contributed by atoms with E-state index in [0.717, 1.165) is 12.1 Å². The van der Waals surface area contributed by atoms with Crippen molar-refractivity contribution in [3.05, 3.63) is 34.9 Å². The highest BCUT2D eigenvalue weighted by Crippen LogP contribution is 2.30. The molecule has 0 aliphatic carbocycles. The van der Waals surface area contributed by atoms with Gasteiger partial charge in [-0.2, -0.15) is 13.2 Å². The smallest absolute Gasteiger partial charge is 0.416 e. The van der Waals surface area contributed by atoms with Crippen LogP contribution in [0, 0.1) is 13.8 Å². The van der Waals surface area contributed by atoms with E-state index in [9.17, 15) is 22.8 Å². The summed E-state index contributed by atoms with van der Waals surface area (Å²) >= 11 is 0. The van der Waals surface area contributed by atoms with Crippen LogP contribution in [0.1, 0.15) is 37.0 Å². The Morgan fingerprint density at radius 3 is 1.86 bits per heavy atom. The molecule has 0 saturated carbocycles. The van der Waals surface area contributed by atoms with E-state index in [4.69, 9.17) is 0 Å². The van der Waals surface area contributed by atoms with Crippen molar-refractivity contribution in [3.8, 4) is 0 Å². The number of carbonyl (C=O) groups is 2. The Balaban J connectivity index is 0.000000400. The maximum atomic E-state index is 12.1. The van der Waals surface area contributed by atoms with E-state index >= 15 is 0 Å². The largest absolute Gasteiger partial charge is 0.460 e. The van der Waals surface area contributed by atoms with Crippen LogP contribution < -0.4 is 0 Å². The summed E-state index contributed by atoms with van der Waals surface area (Å²) < 4.78 is 40.8. The number of benzene rings is 1. The van der Waals surface area contributed by atoms with E-state index in [1.165, 1.54) is 0 Å². The van der Waals surface area contributed by atoms with Gasteiger partial charge in [0.2, 0.25) is 5.78 Å². The second-order valence-electron chi connectivity index (χ2n) is 4.37. The van der Waals surface area contributed by atoms with Crippen LogP contribution in [0.5, 0.6) is 0 Å². The zero-order valence-corrected chi connectivity index (χ0v) is 12.5. The summed E-state index contributed by atoms with van der Waals surface area (Å²) in [5.74, 6) is -1.18. The van der Waals surface area contributed by atoms with Gasteiger partial charge < -0.3 is 4.74 Å². The molecule has 0 N–H and O–H groups in total. The number of hydrogen-bond acceptors (Lipinski definition) is 3. The molecule has 0 bridgehead atoms. The second-order valence-corrected chi connectivity index (χ2v) is 4.37. The minimum Gasteiger partial charge on any atom is -0.460 e. The normalized spacial score (nSPS) is 10.4. The summed E-state index contributed by atoms with van der Waals surface area (Å²) in [7, 11) is 0. The fraction of sp³-hybridized carbons (Fsp3) is 0.467. The van der Waals surface area contributed by atoms with Gasteiger partial charge in [0.1, 0.15) is 0 Å². The Morgan fingerprint density at radius 2 is 1.52 bits per heavy atom. The molecule has 0 aliphatic heterocycles. The molecule has 118 valence electrons. The van der Waals surface area contributed by atoms with Gasteiger partial charge in [-0.25, -0.2) is 4.79 Å². The van der Waals surface area contributed by atoms with Crippen LogP contribution in [0.15, 0.2) is 18.2 Å². The molecule has 0 aliphatic rings. The van der Waals surface area contributed by atoms with Crippen LogP contribution >= 0.6 is 0 Å². The second kappa shape index (κ2) is 8.44. The van der Waals surface area contributed by atoms with E-state index in [1.807, 2.05) is 0 Å². The Kier molecular flexibility index (Phi) is 7.70. The standard InChI is InChI=1S/C9H9F3.C6H10O3/c1-6-3-7(2)5-8(4-6)9(10,11)12;1-3-5(7)6(8)9-4-2/h3-5H,1-2H3;3-4H2,1-2H3. The summed E-state index contributed by atoms with van der Waals surface area (Å²) in [4.78, 5) is 20.8. The number of halogens is 3. The van der Waals surface area contributed by atoms with Crippen LogP contribution in [0.3, 0.4) is 0 Å². The van der Waals surface area contributed by atoms with E-state index in [-0.39, 0.29) is 13.0 Å². The van der Waals surface area contributed by atoms with Crippen LogP contribution in [0.2, 0.25) is 0 Å². The van der Waals surface area contributed by atoms with E-state index < -0.39 is 23.5 Å². The predicted octanol–water partition coefficient (Wildman–Crippen LogP) is 3.85. The number of rotatable bonds is 3. The number of carbonyl (C=O) groups excluding carboxylic acids is 2. The Hall–Kier alpha value is -1.85. The first-order chi connectivity index (χ1) is 9.61. The molecular formula is C15H19F3O3. The molecule has 3 nitrogen and oxygen atoms in total. The summed E-state index contributed by atoms with van der Waals surface area (Å²) in [6.45, 7) is 6.87. The zero-order chi connectivity index (χ0) is 16.6. The van der Waals surface area contributed by atoms with Gasteiger partial charge >= 0.3 is 12.1 Å². The average Bonchev–Trinajstić information content (AvgIpc) is 2.36. The fourth-order valence-electron chi connectivity index (χ4n) is 1.49. The highest BCUT2D eigenvalue weighted by molar-refractivity contribution is 6.33. The maximum absolute atomic E-state index is 12.1. The van der Waals surface area contributed by atoms with Crippen molar-refractivity contribution in [1.82, 2.24) is 0 Å². The van der Waals surface area contributed by atoms with Crippen molar-refractivity contribution in [2.45, 2.75) is 40.3 Å². The molecule has 6 heteroatoms. The first-order valence-corrected chi connectivity index (χ1v) is 6.47. The van der Waals surface area contributed by atoms with Gasteiger partial charge in [0.25, 0.3) is 0 Å². The van der Waals surface area contributed by atoms with Crippen molar-refractivity contribution in [2.75, 3.05) is 6.61 Å². The van der Waals surface area contributed by atoms with Crippen LogP contribution in [0.25, 0.3) is 0 Å². The molecule has 1 aromatic carbocycles. The Bertz CT molecular complexity index is 473. The van der Waals surface area contributed by atoms with Gasteiger partial charge in [0, 0.05) is 6.42 Å². The van der Waals surface area contributed by atoms with Gasteiger partial charge in [-0.15, -0.1) is 0 Å². The predicted molar refractivity (Wildman–Crippen MR) is 72.8 cm³/mol. The number of hydrogen-bond donors (Lipinski definition) is 0. The molecule has 0 unspecified atom stereocenters. The summed E-state index contributed by atoms with van der Waals surface area (Å²) in [5, 5.41) is 0. The number of ether oxygens (including phenoxy) is 1. The lowest BCUT2D eigenvalue weighted by Crippen LogP contribution is -2.15. The van der Waals surface area contributed by atoms with Crippen LogP contribution in [-0.4, -0.2) is 18.4 Å². The lowest BCUT2D eigenvalue weighted by molar-refractivity contribution is -0.153. The lowest BCUT2D eigenvalue weighted by atomic mass is 10.1. The molecule has 0 aromatic heterocycles. The zero-order valence-electron chi connectivity index (χ0n) is 12.5. The Labute approximate surface area is 122 Å². The highest BCUT2D eigenvalue weighted by Gasteiger charge is 2.30. The highest BCUT2D eigenvalue weighted by atomic mass is 19.4. The van der Waals surface area contributed by atoms with Crippen molar-refractivity contribution in [3.63, 3.8) is 0 Å². The van der Waals surface area contributed by atoms with Crippen molar-refractivity contribution in [2.24, 2.45) is 0 Å². The third kappa shape index (κ3) is 7.48. The molecule has 0 amide bonds. The summed E-state index contributed by atoms with van der Waals surface area (Å²) in [6, 6.07) is 4.01. The molecule has 1 rings (SSSR count). The number of alkyl halides is 3.